The summed E-state index contributed by atoms with van der Waals surface area (Å²) in [6.07, 6.45) is -1.80. The minimum absolute atomic E-state index is 0.150. The molecular formula is C18H14F3N3O2S. The fourth-order valence-electron chi connectivity index (χ4n) is 2.44. The number of hydrogen-bond donors (Lipinski definition) is 2. The quantitative estimate of drug-likeness (QED) is 0.692. The van der Waals surface area contributed by atoms with Gasteiger partial charge in [-0.3, -0.25) is 4.79 Å². The first-order chi connectivity index (χ1) is 12.7. The predicted octanol–water partition coefficient (Wildman–Crippen LogP) is 4.32. The van der Waals surface area contributed by atoms with Gasteiger partial charge in [-0.1, -0.05) is 29.5 Å². The highest BCUT2D eigenvalue weighted by Crippen LogP contribution is 2.23. The second-order valence-electron chi connectivity index (χ2n) is 5.72. The van der Waals surface area contributed by atoms with E-state index in [0.29, 0.717) is 37.7 Å². The van der Waals surface area contributed by atoms with Gasteiger partial charge in [0.15, 0.2) is 0 Å². The Morgan fingerprint density at radius 2 is 2.11 bits per heavy atom. The zero-order valence-corrected chi connectivity index (χ0v) is 14.9. The van der Waals surface area contributed by atoms with Gasteiger partial charge < -0.3 is 10.4 Å². The van der Waals surface area contributed by atoms with Gasteiger partial charge in [0, 0.05) is 11.6 Å². The van der Waals surface area contributed by atoms with Crippen molar-refractivity contribution >= 4 is 39.4 Å². The van der Waals surface area contributed by atoms with Gasteiger partial charge in [-0.15, -0.1) is 0 Å². The van der Waals surface area contributed by atoms with Crippen molar-refractivity contribution in [3.05, 3.63) is 58.2 Å². The minimum atomic E-state index is -4.39. The summed E-state index contributed by atoms with van der Waals surface area (Å²) in [6.45, 7) is 1.46. The predicted molar refractivity (Wildman–Crippen MR) is 97.6 cm³/mol. The van der Waals surface area contributed by atoms with E-state index in [1.807, 2.05) is 0 Å². The maximum atomic E-state index is 12.5. The Kier molecular flexibility index (Phi) is 5.24. The van der Waals surface area contributed by atoms with Crippen molar-refractivity contribution in [2.24, 2.45) is 0 Å². The number of aliphatic hydroxyl groups is 1. The molecule has 0 aliphatic rings. The first-order valence-electron chi connectivity index (χ1n) is 7.79. The number of amides is 1. The molecule has 0 unspecified atom stereocenters. The van der Waals surface area contributed by atoms with Crippen LogP contribution in [0.2, 0.25) is 0 Å². The number of hydrogen-bond acceptors (Lipinski definition) is 5. The number of fused-ring (bicyclic) bond motifs is 1. The second-order valence-corrected chi connectivity index (χ2v) is 6.78. The molecule has 3 rings (SSSR count). The molecule has 1 aromatic carbocycles. The summed E-state index contributed by atoms with van der Waals surface area (Å²) in [5, 5.41) is 12.3. The topological polar surface area (TPSA) is 75.1 Å². The Morgan fingerprint density at radius 1 is 1.33 bits per heavy atom. The zero-order chi connectivity index (χ0) is 19.6. The molecule has 0 atom stereocenters. The number of halogens is 3. The van der Waals surface area contributed by atoms with Crippen molar-refractivity contribution < 1.29 is 23.1 Å². The Balaban J connectivity index is 1.78. The lowest BCUT2D eigenvalue weighted by Gasteiger charge is -2.08. The van der Waals surface area contributed by atoms with Crippen LogP contribution in [0.1, 0.15) is 26.5 Å². The zero-order valence-electron chi connectivity index (χ0n) is 14.0. The summed E-state index contributed by atoms with van der Waals surface area (Å²) in [7, 11) is 0. The molecule has 2 heterocycles. The summed E-state index contributed by atoms with van der Waals surface area (Å²) in [5.41, 5.74) is 2.23. The molecule has 0 spiro atoms. The molecule has 3 aromatic rings. The van der Waals surface area contributed by atoms with Gasteiger partial charge in [-0.2, -0.15) is 13.2 Å². The third-order valence-corrected chi connectivity index (χ3v) is 4.61. The number of rotatable bonds is 4. The van der Waals surface area contributed by atoms with Gasteiger partial charge in [0.2, 0.25) is 0 Å². The van der Waals surface area contributed by atoms with Gasteiger partial charge >= 0.3 is 6.18 Å². The molecule has 0 aliphatic heterocycles. The largest absolute Gasteiger partial charge is 0.409 e. The van der Waals surface area contributed by atoms with E-state index in [9.17, 15) is 18.0 Å². The highest BCUT2D eigenvalue weighted by molar-refractivity contribution is 7.18. The molecule has 0 aliphatic carbocycles. The number of nitrogens with zero attached hydrogens (tertiary/aromatic N) is 2. The molecule has 0 fully saturated rings. The van der Waals surface area contributed by atoms with E-state index in [1.165, 1.54) is 35.7 Å². The molecule has 5 nitrogen and oxygen atoms in total. The van der Waals surface area contributed by atoms with E-state index in [1.54, 1.807) is 13.0 Å². The second kappa shape index (κ2) is 7.45. The van der Waals surface area contributed by atoms with Crippen molar-refractivity contribution in [3.63, 3.8) is 0 Å². The molecule has 1 amide bonds. The maximum Gasteiger partial charge on any atom is 0.409 e. The third kappa shape index (κ3) is 4.69. The van der Waals surface area contributed by atoms with Crippen LogP contribution in [0.3, 0.4) is 0 Å². The Labute approximate surface area is 156 Å². The van der Waals surface area contributed by atoms with Crippen molar-refractivity contribution in [2.45, 2.75) is 19.7 Å². The van der Waals surface area contributed by atoms with Crippen LogP contribution >= 0.6 is 11.3 Å². The molecule has 140 valence electrons. The van der Waals surface area contributed by atoms with Crippen LogP contribution < -0.4 is 5.32 Å². The summed E-state index contributed by atoms with van der Waals surface area (Å²) in [4.78, 5) is 21.5. The fraction of sp³-hybridized carbons (Fsp3) is 0.167. The lowest BCUT2D eigenvalue weighted by Crippen LogP contribution is -2.13. The molecule has 2 aromatic heterocycles. The lowest BCUT2D eigenvalue weighted by molar-refractivity contribution is -0.0790. The standard InChI is InChI=1S/C18H14F3N3O2S/c1-10-6-11(4-5-18(19,20)21)2-3-13(10)16(26)23-12-7-14-17(22-8-12)27-15(9-25)24-14/h2-8,25H,9H2,1H3,(H,23,26). The minimum Gasteiger partial charge on any atom is -0.389 e. The number of benzene rings is 1. The average molecular weight is 393 g/mol. The summed E-state index contributed by atoms with van der Waals surface area (Å²) < 4.78 is 36.8. The molecular weight excluding hydrogens is 379 g/mol. The average Bonchev–Trinajstić information content (AvgIpc) is 3.01. The normalized spacial score (nSPS) is 12.0. The Bertz CT molecular complexity index is 1030. The van der Waals surface area contributed by atoms with E-state index in [-0.39, 0.29) is 12.7 Å². The van der Waals surface area contributed by atoms with Crippen LogP contribution in [0.15, 0.2) is 36.5 Å². The molecule has 0 saturated carbocycles. The number of thiazole rings is 1. The number of aromatic nitrogens is 2. The van der Waals surface area contributed by atoms with Gasteiger partial charge in [0.05, 0.1) is 18.5 Å². The molecule has 0 radical (unpaired) electrons. The van der Waals surface area contributed by atoms with E-state index in [2.05, 4.69) is 15.3 Å². The first-order valence-corrected chi connectivity index (χ1v) is 8.61. The monoisotopic (exact) mass is 393 g/mol. The molecule has 9 heteroatoms. The van der Waals surface area contributed by atoms with E-state index >= 15 is 0 Å². The van der Waals surface area contributed by atoms with Crippen LogP contribution in [0.5, 0.6) is 0 Å². The molecule has 27 heavy (non-hydrogen) atoms. The van der Waals surface area contributed by atoms with Crippen LogP contribution in [0.25, 0.3) is 16.4 Å². The highest BCUT2D eigenvalue weighted by atomic mass is 32.1. The molecule has 0 bridgehead atoms. The number of alkyl halides is 3. The number of carbonyl (C=O) groups excluding carboxylic acids is 1. The van der Waals surface area contributed by atoms with Crippen LogP contribution in [-0.2, 0) is 6.61 Å². The number of carbonyl (C=O) groups is 1. The van der Waals surface area contributed by atoms with Crippen LogP contribution in [0.4, 0.5) is 18.9 Å². The van der Waals surface area contributed by atoms with Crippen LogP contribution in [0, 0.1) is 6.92 Å². The highest BCUT2D eigenvalue weighted by Gasteiger charge is 2.21. The summed E-state index contributed by atoms with van der Waals surface area (Å²) >= 11 is 1.26. The van der Waals surface area contributed by atoms with Gasteiger partial charge in [0.25, 0.3) is 5.91 Å². The number of aliphatic hydroxyl groups excluding tert-OH is 1. The van der Waals surface area contributed by atoms with Gasteiger partial charge in [-0.25, -0.2) is 9.97 Å². The summed E-state index contributed by atoms with van der Waals surface area (Å²) in [6, 6.07) is 6.07. The van der Waals surface area contributed by atoms with Crippen molar-refractivity contribution in [1.29, 1.82) is 0 Å². The van der Waals surface area contributed by atoms with Crippen molar-refractivity contribution in [3.8, 4) is 0 Å². The van der Waals surface area contributed by atoms with E-state index in [4.69, 9.17) is 5.11 Å². The Morgan fingerprint density at radius 3 is 2.78 bits per heavy atom. The lowest BCUT2D eigenvalue weighted by atomic mass is 10.0. The number of anilines is 1. The van der Waals surface area contributed by atoms with Crippen LogP contribution in [-0.4, -0.2) is 27.2 Å². The van der Waals surface area contributed by atoms with Gasteiger partial charge in [0.1, 0.15) is 15.4 Å². The van der Waals surface area contributed by atoms with Crippen molar-refractivity contribution in [1.82, 2.24) is 9.97 Å². The van der Waals surface area contributed by atoms with Gasteiger partial charge in [-0.05, 0) is 30.2 Å². The fourth-order valence-corrected chi connectivity index (χ4v) is 3.18. The maximum absolute atomic E-state index is 12.5. The van der Waals surface area contributed by atoms with E-state index in [0.717, 1.165) is 6.08 Å². The number of pyridine rings is 1. The molecule has 2 N–H and O–H groups in total. The number of aryl methyl sites for hydroxylation is 1. The SMILES string of the molecule is Cc1cc(C=CC(F)(F)F)ccc1C(=O)Nc1cnc2sc(CO)nc2c1. The number of allylic oxidation sites excluding steroid dienone is 1. The summed E-state index contributed by atoms with van der Waals surface area (Å²) in [5.74, 6) is -0.405. The first kappa shape index (κ1) is 19.0. The van der Waals surface area contributed by atoms with E-state index < -0.39 is 12.1 Å². The third-order valence-electron chi connectivity index (χ3n) is 3.64. The Hall–Kier alpha value is -2.78. The number of nitrogens with one attached hydrogen (secondary N) is 1. The smallest absolute Gasteiger partial charge is 0.389 e. The molecule has 0 saturated heterocycles. The van der Waals surface area contributed by atoms with Crippen molar-refractivity contribution in [2.75, 3.05) is 5.32 Å².